The molecule has 2 heterocycles. The summed E-state index contributed by atoms with van der Waals surface area (Å²) >= 11 is 0. The van der Waals surface area contributed by atoms with Crippen molar-refractivity contribution in [2.75, 3.05) is 6.54 Å². The highest BCUT2D eigenvalue weighted by Crippen LogP contribution is 2.47. The van der Waals surface area contributed by atoms with E-state index in [2.05, 4.69) is 21.9 Å². The van der Waals surface area contributed by atoms with Gasteiger partial charge in [0.15, 0.2) is 5.78 Å². The fourth-order valence-corrected chi connectivity index (χ4v) is 8.16. The number of amides is 5. The van der Waals surface area contributed by atoms with Crippen LogP contribution in [-0.2, 0) is 51.8 Å². The Balaban J connectivity index is 1.39. The van der Waals surface area contributed by atoms with Crippen LogP contribution in [0.5, 0.6) is 0 Å². The highest BCUT2D eigenvalue weighted by molar-refractivity contribution is 7.91. The van der Waals surface area contributed by atoms with Gasteiger partial charge in [-0.25, -0.2) is 22.4 Å². The molecule has 1 saturated heterocycles. The molecule has 5 rings (SSSR count). The number of hydrogen-bond acceptors (Lipinski definition) is 10. The second-order valence-electron chi connectivity index (χ2n) is 15.4. The number of allylic oxidation sites excluding steroid dienone is 1. The minimum atomic E-state index is -3.94. The van der Waals surface area contributed by atoms with Gasteiger partial charge in [0, 0.05) is 24.9 Å². The van der Waals surface area contributed by atoms with Gasteiger partial charge in [-0.1, -0.05) is 32.1 Å². The first-order valence-electron chi connectivity index (χ1n) is 17.8. The predicted molar refractivity (Wildman–Crippen MR) is 188 cm³/mol. The van der Waals surface area contributed by atoms with Gasteiger partial charge in [0.2, 0.25) is 21.8 Å². The smallest absolute Gasteiger partial charge is 0.410 e. The van der Waals surface area contributed by atoms with Gasteiger partial charge < -0.3 is 25.0 Å². The van der Waals surface area contributed by atoms with Gasteiger partial charge >= 0.3 is 12.2 Å². The lowest BCUT2D eigenvalue weighted by Crippen LogP contribution is -2.58. The van der Waals surface area contributed by atoms with E-state index in [4.69, 9.17) is 9.47 Å². The Labute approximate surface area is 308 Å². The number of sulfonamides is 1. The van der Waals surface area contributed by atoms with E-state index in [1.54, 1.807) is 33.8 Å². The molecule has 0 bridgehead atoms. The molecule has 5 amide bonds. The monoisotopic (exact) mass is 761 g/mol. The molecule has 1 aromatic rings. The number of benzene rings is 1. The van der Waals surface area contributed by atoms with Crippen LogP contribution >= 0.6 is 0 Å². The largest absolute Gasteiger partial charge is 0.444 e. The molecule has 4 aliphatic rings. The van der Waals surface area contributed by atoms with Crippen LogP contribution in [0.3, 0.4) is 0 Å². The lowest BCUT2D eigenvalue weighted by molar-refractivity contribution is -0.141. The second-order valence-corrected chi connectivity index (χ2v) is 17.3. The van der Waals surface area contributed by atoms with Crippen LogP contribution in [0.2, 0.25) is 0 Å². The number of ether oxygens (including phenoxy) is 2. The second kappa shape index (κ2) is 15.1. The number of halogens is 1. The third-order valence-electron chi connectivity index (χ3n) is 9.97. The van der Waals surface area contributed by atoms with Crippen molar-refractivity contribution in [3.05, 3.63) is 47.3 Å². The van der Waals surface area contributed by atoms with Gasteiger partial charge in [-0.15, -0.1) is 0 Å². The third-order valence-corrected chi connectivity index (χ3v) is 11.8. The maximum Gasteiger partial charge on any atom is 0.410 e. The van der Waals surface area contributed by atoms with E-state index < -0.39 is 80.3 Å². The fourth-order valence-electron chi connectivity index (χ4n) is 6.79. The molecule has 17 heteroatoms. The van der Waals surface area contributed by atoms with E-state index in [1.807, 2.05) is 0 Å². The Morgan fingerprint density at radius 3 is 2.40 bits per heavy atom. The number of nitrogens with zero attached hydrogens (tertiary/aromatic N) is 2. The highest BCUT2D eigenvalue weighted by atomic mass is 32.2. The normalized spacial score (nSPS) is 24.1. The molecule has 0 radical (unpaired) electrons. The van der Waals surface area contributed by atoms with Crippen molar-refractivity contribution in [3.8, 4) is 0 Å². The van der Waals surface area contributed by atoms with E-state index in [1.165, 1.54) is 24.0 Å². The molecule has 0 aromatic heterocycles. The van der Waals surface area contributed by atoms with Crippen molar-refractivity contribution in [1.29, 1.82) is 0 Å². The molecule has 3 fully saturated rings. The number of fused-ring (bicyclic) bond motifs is 1. The zero-order chi connectivity index (χ0) is 39.0. The first-order valence-corrected chi connectivity index (χ1v) is 19.4. The average Bonchev–Trinajstić information content (AvgIpc) is 3.96. The maximum atomic E-state index is 14.4. The first kappa shape index (κ1) is 39.7. The van der Waals surface area contributed by atoms with Gasteiger partial charge in [-0.2, -0.15) is 0 Å². The van der Waals surface area contributed by atoms with Crippen LogP contribution in [0, 0.1) is 11.7 Å². The molecule has 2 saturated carbocycles. The van der Waals surface area contributed by atoms with Crippen molar-refractivity contribution in [1.82, 2.24) is 25.2 Å². The molecular formula is C36H48FN5O10S. The summed E-state index contributed by atoms with van der Waals surface area (Å²) in [7, 11) is -3.94. The molecule has 290 valence electrons. The van der Waals surface area contributed by atoms with E-state index in [9.17, 15) is 41.6 Å². The number of alkyl carbamates (subject to hydrolysis) is 1. The van der Waals surface area contributed by atoms with Crippen LogP contribution in [0.25, 0.3) is 0 Å². The van der Waals surface area contributed by atoms with Crippen molar-refractivity contribution < 1.29 is 51.0 Å². The Morgan fingerprint density at radius 1 is 1.11 bits per heavy atom. The highest BCUT2D eigenvalue weighted by Gasteiger charge is 2.62. The Hall–Kier alpha value is -4.54. The maximum absolute atomic E-state index is 14.4. The van der Waals surface area contributed by atoms with Gasteiger partial charge in [0.1, 0.15) is 35.1 Å². The predicted octanol–water partition coefficient (Wildman–Crippen LogP) is 2.96. The zero-order valence-corrected chi connectivity index (χ0v) is 31.5. The quantitative estimate of drug-likeness (QED) is 0.251. The number of likely N-dealkylation sites (tertiary alicyclic amines) is 1. The average molecular weight is 762 g/mol. The van der Waals surface area contributed by atoms with Gasteiger partial charge in [-0.05, 0) is 76.5 Å². The van der Waals surface area contributed by atoms with Gasteiger partial charge in [0.25, 0.3) is 5.91 Å². The molecule has 1 aromatic carbocycles. The number of carbonyl (C=O) groups excluding carboxylic acids is 6. The number of carbonyl (C=O) groups is 6. The summed E-state index contributed by atoms with van der Waals surface area (Å²) < 4.78 is 53.0. The van der Waals surface area contributed by atoms with E-state index >= 15 is 0 Å². The molecular weight excluding hydrogens is 713 g/mol. The van der Waals surface area contributed by atoms with Crippen LogP contribution in [0.15, 0.2) is 30.4 Å². The number of Topliss-reactive ketones (excluding diaryl/α,β-unsaturated/α-hetero) is 1. The number of hydrogen-bond donors (Lipinski definition) is 3. The van der Waals surface area contributed by atoms with Crippen molar-refractivity contribution >= 4 is 45.7 Å². The summed E-state index contributed by atoms with van der Waals surface area (Å²) in [6.45, 7) is 11.6. The lowest BCUT2D eigenvalue weighted by atomic mass is 10.0. The Bertz CT molecular complexity index is 1810. The summed E-state index contributed by atoms with van der Waals surface area (Å²) in [6.07, 6.45) is -1.90. The summed E-state index contributed by atoms with van der Waals surface area (Å²) in [6, 6.07) is 1.83. The molecule has 5 unspecified atom stereocenters. The number of ketones is 1. The van der Waals surface area contributed by atoms with Crippen molar-refractivity contribution in [3.63, 3.8) is 0 Å². The molecule has 5 atom stereocenters. The van der Waals surface area contributed by atoms with Gasteiger partial charge in [0.05, 0.1) is 18.3 Å². The third kappa shape index (κ3) is 9.16. The standard InChI is InChI=1S/C36H48FN5O10S/c1-7-22-16-36(22,32(46)40-53(49,50)24-11-12-24)39-30(44)28-15-23(51-34(48)41-17-21-9-8-10-26(37)25(21)19-41)18-42(28)31(45)27(13-14-29(43)20(2)3)38-33(47)52-35(4,5)6/h8-10,22-24,27-28H,2,7,11-19H2,1,3-6H3,(H,38,47)(H,39,44)(H,40,46). The molecule has 3 N–H and O–H groups in total. The molecule has 0 spiro atoms. The Morgan fingerprint density at radius 2 is 1.81 bits per heavy atom. The van der Waals surface area contributed by atoms with E-state index in [0.29, 0.717) is 30.4 Å². The van der Waals surface area contributed by atoms with Crippen LogP contribution < -0.4 is 15.4 Å². The summed E-state index contributed by atoms with van der Waals surface area (Å²) in [5, 5.41) is 4.55. The van der Waals surface area contributed by atoms with Crippen LogP contribution in [0.4, 0.5) is 14.0 Å². The fraction of sp³-hybridized carbons (Fsp3) is 0.611. The topological polar surface area (TPSA) is 198 Å². The van der Waals surface area contributed by atoms with E-state index in [0.717, 1.165) is 4.90 Å². The zero-order valence-electron chi connectivity index (χ0n) is 30.7. The lowest BCUT2D eigenvalue weighted by Gasteiger charge is -2.30. The van der Waals surface area contributed by atoms with E-state index in [-0.39, 0.29) is 62.6 Å². The minimum Gasteiger partial charge on any atom is -0.444 e. The molecule has 2 aliphatic heterocycles. The Kier molecular flexibility index (Phi) is 11.3. The molecule has 2 aliphatic carbocycles. The molecule has 15 nitrogen and oxygen atoms in total. The van der Waals surface area contributed by atoms with Crippen molar-refractivity contribution in [2.45, 2.75) is 127 Å². The molecule has 53 heavy (non-hydrogen) atoms. The summed E-state index contributed by atoms with van der Waals surface area (Å²) in [5.74, 6) is -3.64. The number of nitrogens with one attached hydrogen (secondary N) is 3. The van der Waals surface area contributed by atoms with Gasteiger partial charge in [-0.3, -0.25) is 28.8 Å². The number of rotatable bonds is 13. The first-order chi connectivity index (χ1) is 24.7. The summed E-state index contributed by atoms with van der Waals surface area (Å²) in [5.41, 5.74) is -1.27. The minimum absolute atomic E-state index is 0.0431. The van der Waals surface area contributed by atoms with Crippen LogP contribution in [0.1, 0.15) is 90.7 Å². The van der Waals surface area contributed by atoms with Crippen molar-refractivity contribution in [2.24, 2.45) is 5.92 Å². The SMILES string of the molecule is C=C(C)C(=O)CCC(NC(=O)OC(C)(C)C)C(=O)N1CC(OC(=O)N2Cc3cccc(F)c3C2)CC1C(=O)NC1(C(=O)NS(=O)(=O)C2CC2)CC1CC. The van der Waals surface area contributed by atoms with Crippen LogP contribution in [-0.4, -0.2) is 95.0 Å². The summed E-state index contributed by atoms with van der Waals surface area (Å²) in [4.78, 5) is 83.1.